The van der Waals surface area contributed by atoms with Crippen molar-refractivity contribution >= 4 is 33.7 Å². The number of fused-ring (bicyclic) bond motifs is 1. The molecule has 27 heavy (non-hydrogen) atoms. The summed E-state index contributed by atoms with van der Waals surface area (Å²) in [5, 5.41) is 10.5. The lowest BCUT2D eigenvalue weighted by atomic mass is 9.70. The minimum Gasteiger partial charge on any atom is -0.535 e. The van der Waals surface area contributed by atoms with Crippen LogP contribution in [0.2, 0.25) is 6.82 Å². The zero-order valence-corrected chi connectivity index (χ0v) is 16.6. The number of hydrogen-bond donors (Lipinski definition) is 3. The lowest BCUT2D eigenvalue weighted by Crippen LogP contribution is -2.36. The molecule has 0 bridgehead atoms. The summed E-state index contributed by atoms with van der Waals surface area (Å²) in [6, 6.07) is 1.91. The number of sulfonamides is 1. The Labute approximate surface area is 160 Å². The molecule has 0 aliphatic heterocycles. The molecule has 0 unspecified atom stereocenters. The van der Waals surface area contributed by atoms with Gasteiger partial charge >= 0.3 is 7.12 Å². The molecule has 0 aromatic carbocycles. The molecule has 2 aromatic heterocycles. The van der Waals surface area contributed by atoms with Gasteiger partial charge in [-0.1, -0.05) is 13.5 Å². The van der Waals surface area contributed by atoms with Crippen LogP contribution < -0.4 is 9.38 Å². The smallest absolute Gasteiger partial charge is 0.519 e. The molecule has 146 valence electrons. The molecule has 0 saturated heterocycles. The maximum atomic E-state index is 12.1. The van der Waals surface area contributed by atoms with Crippen molar-refractivity contribution in [1.29, 1.82) is 0 Å². The Balaban J connectivity index is 1.73. The van der Waals surface area contributed by atoms with E-state index in [0.29, 0.717) is 12.3 Å². The topological polar surface area (TPSA) is 104 Å². The predicted molar refractivity (Wildman–Crippen MR) is 108 cm³/mol. The first kappa shape index (κ1) is 19.9. The minimum absolute atomic E-state index is 0.130. The average Bonchev–Trinajstić information content (AvgIpc) is 3.03. The van der Waals surface area contributed by atoms with Crippen molar-refractivity contribution in [3.8, 4) is 5.75 Å². The summed E-state index contributed by atoms with van der Waals surface area (Å²) < 4.78 is 32.3. The third-order valence-corrected chi connectivity index (χ3v) is 6.48. The van der Waals surface area contributed by atoms with Gasteiger partial charge in [0.15, 0.2) is 0 Å². The van der Waals surface area contributed by atoms with Gasteiger partial charge < -0.3 is 14.7 Å². The summed E-state index contributed by atoms with van der Waals surface area (Å²) in [6.45, 7) is 8.22. The maximum Gasteiger partial charge on any atom is 0.519 e. The van der Waals surface area contributed by atoms with Gasteiger partial charge in [0, 0.05) is 23.7 Å². The van der Waals surface area contributed by atoms with Crippen LogP contribution in [0, 0.1) is 11.8 Å². The molecule has 0 spiro atoms. The van der Waals surface area contributed by atoms with Gasteiger partial charge in [-0.2, -0.15) is 0 Å². The molecule has 7 nitrogen and oxygen atoms in total. The SMILES string of the molecule is C=C(c1c(OB(C)O)cnc2[nH]ccc12)[C@H]1C[C@@H](CS(=O)(=O)NCCC)C1. The second kappa shape index (κ2) is 8.04. The molecule has 0 radical (unpaired) electrons. The van der Waals surface area contributed by atoms with Crippen molar-refractivity contribution in [3.05, 3.63) is 30.6 Å². The van der Waals surface area contributed by atoms with Gasteiger partial charge in [-0.3, -0.25) is 0 Å². The lowest BCUT2D eigenvalue weighted by molar-refractivity contribution is 0.273. The molecule has 3 N–H and O–H groups in total. The van der Waals surface area contributed by atoms with Crippen molar-refractivity contribution in [2.75, 3.05) is 12.3 Å². The number of aromatic nitrogens is 2. The van der Waals surface area contributed by atoms with Crippen LogP contribution in [0.3, 0.4) is 0 Å². The molecule has 2 heterocycles. The standard InChI is InChI=1S/C18H26BN3O4S/c1-4-6-22-27(24,25)11-13-8-14(9-13)12(2)17-15-5-7-20-18(15)21-10-16(17)26-19(3)23/h5,7,10,13-14,22-23H,2,4,6,8-9,11H2,1,3H3,(H,20,21)/t13-,14+. The fourth-order valence-corrected chi connectivity index (χ4v) is 5.11. The molecule has 1 aliphatic carbocycles. The van der Waals surface area contributed by atoms with E-state index in [-0.39, 0.29) is 17.6 Å². The van der Waals surface area contributed by atoms with Crippen molar-refractivity contribution in [2.45, 2.75) is 33.0 Å². The molecule has 1 saturated carbocycles. The number of nitrogens with zero attached hydrogens (tertiary/aromatic N) is 1. The summed E-state index contributed by atoms with van der Waals surface area (Å²) in [5.41, 5.74) is 2.46. The second-order valence-electron chi connectivity index (χ2n) is 7.19. The highest BCUT2D eigenvalue weighted by Gasteiger charge is 2.35. The summed E-state index contributed by atoms with van der Waals surface area (Å²) in [4.78, 5) is 7.38. The van der Waals surface area contributed by atoms with E-state index in [1.807, 2.05) is 13.0 Å². The molecule has 3 rings (SSSR count). The Bertz CT molecular complexity index is 920. The van der Waals surface area contributed by atoms with E-state index in [1.165, 1.54) is 0 Å². The molecule has 1 aliphatic rings. The molecular formula is C18H26BN3O4S. The Morgan fingerprint density at radius 2 is 2.26 bits per heavy atom. The van der Waals surface area contributed by atoms with E-state index in [9.17, 15) is 13.4 Å². The fraction of sp³-hybridized carbons (Fsp3) is 0.500. The first-order valence-corrected chi connectivity index (χ1v) is 10.9. The van der Waals surface area contributed by atoms with Gasteiger partial charge in [-0.25, -0.2) is 18.1 Å². The molecule has 0 amide bonds. The third kappa shape index (κ3) is 4.53. The molecule has 2 aromatic rings. The first-order valence-electron chi connectivity index (χ1n) is 9.28. The minimum atomic E-state index is -3.22. The number of H-pyrrole nitrogens is 1. The van der Waals surface area contributed by atoms with E-state index >= 15 is 0 Å². The summed E-state index contributed by atoms with van der Waals surface area (Å²) in [6.07, 6.45) is 5.71. The number of pyridine rings is 1. The van der Waals surface area contributed by atoms with Crippen LogP contribution in [0.15, 0.2) is 25.0 Å². The number of hydrogen-bond acceptors (Lipinski definition) is 5. The highest BCUT2D eigenvalue weighted by atomic mass is 32.2. The number of aromatic amines is 1. The Morgan fingerprint density at radius 1 is 1.52 bits per heavy atom. The zero-order chi connectivity index (χ0) is 19.6. The van der Waals surface area contributed by atoms with Crippen LogP contribution in [0.1, 0.15) is 31.7 Å². The highest BCUT2D eigenvalue weighted by Crippen LogP contribution is 2.46. The average molecular weight is 391 g/mol. The monoisotopic (exact) mass is 391 g/mol. The number of allylic oxidation sites excluding steroid dienone is 1. The molecule has 0 atom stereocenters. The van der Waals surface area contributed by atoms with Gasteiger partial charge in [0.2, 0.25) is 10.0 Å². The Morgan fingerprint density at radius 3 is 2.93 bits per heavy atom. The van der Waals surface area contributed by atoms with E-state index < -0.39 is 17.1 Å². The maximum absolute atomic E-state index is 12.1. The van der Waals surface area contributed by atoms with Crippen molar-refractivity contribution in [1.82, 2.24) is 14.7 Å². The normalized spacial score (nSPS) is 19.7. The van der Waals surface area contributed by atoms with Crippen molar-refractivity contribution < 1.29 is 18.1 Å². The van der Waals surface area contributed by atoms with Gasteiger partial charge in [-0.05, 0) is 49.6 Å². The largest absolute Gasteiger partial charge is 0.535 e. The molecular weight excluding hydrogens is 365 g/mol. The van der Waals surface area contributed by atoms with Crippen LogP contribution in [-0.4, -0.2) is 42.8 Å². The quantitative estimate of drug-likeness (QED) is 0.570. The van der Waals surface area contributed by atoms with Gasteiger partial charge in [0.25, 0.3) is 0 Å². The predicted octanol–water partition coefficient (Wildman–Crippen LogP) is 2.42. The van der Waals surface area contributed by atoms with Crippen LogP contribution >= 0.6 is 0 Å². The van der Waals surface area contributed by atoms with E-state index in [4.69, 9.17) is 4.65 Å². The van der Waals surface area contributed by atoms with E-state index in [0.717, 1.165) is 41.4 Å². The summed E-state index contributed by atoms with van der Waals surface area (Å²) in [7, 11) is -4.18. The summed E-state index contributed by atoms with van der Waals surface area (Å²) >= 11 is 0. The Hall–Kier alpha value is -1.84. The molecule has 9 heteroatoms. The summed E-state index contributed by atoms with van der Waals surface area (Å²) in [5.74, 6) is 0.964. The van der Waals surface area contributed by atoms with Crippen molar-refractivity contribution in [2.24, 2.45) is 11.8 Å². The van der Waals surface area contributed by atoms with Crippen molar-refractivity contribution in [3.63, 3.8) is 0 Å². The second-order valence-corrected chi connectivity index (χ2v) is 9.04. The lowest BCUT2D eigenvalue weighted by Gasteiger charge is -2.37. The van der Waals surface area contributed by atoms with E-state index in [2.05, 4.69) is 21.3 Å². The van der Waals surface area contributed by atoms with E-state index in [1.54, 1.807) is 19.2 Å². The van der Waals surface area contributed by atoms with Gasteiger partial charge in [0.05, 0.1) is 11.9 Å². The van der Waals surface area contributed by atoms with Gasteiger partial charge in [-0.15, -0.1) is 0 Å². The van der Waals surface area contributed by atoms with Gasteiger partial charge in [0.1, 0.15) is 11.4 Å². The number of nitrogens with one attached hydrogen (secondary N) is 2. The van der Waals surface area contributed by atoms with Crippen LogP contribution in [0.5, 0.6) is 5.75 Å². The third-order valence-electron chi connectivity index (χ3n) is 4.93. The van der Waals surface area contributed by atoms with Crippen LogP contribution in [0.25, 0.3) is 16.6 Å². The zero-order valence-electron chi connectivity index (χ0n) is 15.7. The first-order chi connectivity index (χ1) is 12.8. The highest BCUT2D eigenvalue weighted by molar-refractivity contribution is 7.89. The molecule has 1 fully saturated rings. The fourth-order valence-electron chi connectivity index (χ4n) is 3.58. The van der Waals surface area contributed by atoms with Crippen LogP contribution in [-0.2, 0) is 10.0 Å². The number of rotatable bonds is 9. The Kier molecular flexibility index (Phi) is 5.93. The van der Waals surface area contributed by atoms with Crippen LogP contribution in [0.4, 0.5) is 0 Å².